The summed E-state index contributed by atoms with van der Waals surface area (Å²) in [6.07, 6.45) is 1.19. The maximum atomic E-state index is 8.28. The van der Waals surface area contributed by atoms with Gasteiger partial charge in [-0.1, -0.05) is 22.5 Å². The Bertz CT molecular complexity index is 420. The minimum atomic E-state index is 0.775. The molecule has 5 heteroatoms. The Hall–Kier alpha value is -1.91. The maximum Gasteiger partial charge on any atom is 0.158 e. The Morgan fingerprint density at radius 2 is 2.25 bits per heavy atom. The SMILES string of the molecule is ON=Cn1nnc2ccccc21. The first-order valence-corrected chi connectivity index (χ1v) is 3.39. The zero-order valence-electron chi connectivity index (χ0n) is 6.12. The average molecular weight is 162 g/mol. The number of fused-ring (bicyclic) bond motifs is 1. The van der Waals surface area contributed by atoms with Gasteiger partial charge in [-0.3, -0.25) is 0 Å². The van der Waals surface area contributed by atoms with Gasteiger partial charge in [0.2, 0.25) is 0 Å². The van der Waals surface area contributed by atoms with Crippen molar-refractivity contribution in [2.45, 2.75) is 0 Å². The number of nitrogens with zero attached hydrogens (tertiary/aromatic N) is 4. The van der Waals surface area contributed by atoms with Crippen molar-refractivity contribution in [2.75, 3.05) is 0 Å². The van der Waals surface area contributed by atoms with Crippen LogP contribution in [-0.2, 0) is 0 Å². The van der Waals surface area contributed by atoms with Gasteiger partial charge in [0.25, 0.3) is 0 Å². The van der Waals surface area contributed by atoms with E-state index >= 15 is 0 Å². The van der Waals surface area contributed by atoms with Gasteiger partial charge in [0, 0.05) is 0 Å². The van der Waals surface area contributed by atoms with Crippen LogP contribution >= 0.6 is 0 Å². The molecule has 0 radical (unpaired) electrons. The van der Waals surface area contributed by atoms with Gasteiger partial charge in [-0.15, -0.1) is 5.10 Å². The van der Waals surface area contributed by atoms with Crippen molar-refractivity contribution in [1.29, 1.82) is 0 Å². The molecule has 0 aliphatic carbocycles. The molecule has 0 aliphatic rings. The summed E-state index contributed by atoms with van der Waals surface area (Å²) in [6, 6.07) is 7.42. The van der Waals surface area contributed by atoms with Crippen molar-refractivity contribution in [3.63, 3.8) is 0 Å². The van der Waals surface area contributed by atoms with Crippen LogP contribution < -0.4 is 0 Å². The quantitative estimate of drug-likeness (QED) is 0.290. The van der Waals surface area contributed by atoms with E-state index in [1.165, 1.54) is 11.0 Å². The highest BCUT2D eigenvalue weighted by Crippen LogP contribution is 2.07. The summed E-state index contributed by atoms with van der Waals surface area (Å²) in [6.45, 7) is 0. The molecule has 1 aromatic carbocycles. The molecular formula is C7H6N4O. The van der Waals surface area contributed by atoms with Crippen molar-refractivity contribution >= 4 is 17.4 Å². The summed E-state index contributed by atoms with van der Waals surface area (Å²) in [7, 11) is 0. The molecule has 0 amide bonds. The van der Waals surface area contributed by atoms with Crippen LogP contribution in [0.5, 0.6) is 0 Å². The van der Waals surface area contributed by atoms with E-state index in [0.717, 1.165) is 11.0 Å². The monoisotopic (exact) mass is 162 g/mol. The van der Waals surface area contributed by atoms with Crippen LogP contribution in [-0.4, -0.2) is 26.5 Å². The lowest BCUT2D eigenvalue weighted by Crippen LogP contribution is -1.96. The van der Waals surface area contributed by atoms with E-state index in [1.54, 1.807) is 0 Å². The van der Waals surface area contributed by atoms with Gasteiger partial charge in [0.05, 0.1) is 5.52 Å². The van der Waals surface area contributed by atoms with Crippen LogP contribution in [0.1, 0.15) is 0 Å². The van der Waals surface area contributed by atoms with Crippen molar-refractivity contribution in [1.82, 2.24) is 15.0 Å². The largest absolute Gasteiger partial charge is 0.410 e. The van der Waals surface area contributed by atoms with E-state index < -0.39 is 0 Å². The van der Waals surface area contributed by atoms with Gasteiger partial charge in [-0.05, 0) is 12.1 Å². The molecule has 5 nitrogen and oxygen atoms in total. The van der Waals surface area contributed by atoms with Crippen LogP contribution in [0.2, 0.25) is 0 Å². The Balaban J connectivity index is 2.70. The van der Waals surface area contributed by atoms with E-state index in [0.29, 0.717) is 0 Å². The van der Waals surface area contributed by atoms with Gasteiger partial charge in [0.15, 0.2) is 6.34 Å². The standard InChI is InChI=1S/C7H6N4O/c12-8-5-11-7-4-2-1-3-6(7)9-10-11/h1-5,12H. The molecule has 0 atom stereocenters. The number of rotatable bonds is 1. The first kappa shape index (κ1) is 6.78. The molecule has 60 valence electrons. The number of para-hydroxylation sites is 1. The minimum Gasteiger partial charge on any atom is -0.410 e. The number of hydrogen-bond donors (Lipinski definition) is 1. The summed E-state index contributed by atoms with van der Waals surface area (Å²) in [5.41, 5.74) is 1.59. The van der Waals surface area contributed by atoms with E-state index in [1.807, 2.05) is 24.3 Å². The molecule has 1 N–H and O–H groups in total. The van der Waals surface area contributed by atoms with Crippen LogP contribution in [0.4, 0.5) is 0 Å². The van der Waals surface area contributed by atoms with Crippen molar-refractivity contribution < 1.29 is 5.21 Å². The maximum absolute atomic E-state index is 8.28. The van der Waals surface area contributed by atoms with Gasteiger partial charge < -0.3 is 5.21 Å². The zero-order chi connectivity index (χ0) is 8.39. The third-order valence-electron chi connectivity index (χ3n) is 1.54. The fourth-order valence-corrected chi connectivity index (χ4v) is 1.02. The molecule has 0 saturated heterocycles. The summed E-state index contributed by atoms with van der Waals surface area (Å²) < 4.78 is 1.40. The molecule has 1 aromatic heterocycles. The normalized spacial score (nSPS) is 11.3. The number of hydrogen-bond acceptors (Lipinski definition) is 4. The highest BCUT2D eigenvalue weighted by molar-refractivity contribution is 5.80. The van der Waals surface area contributed by atoms with E-state index in [9.17, 15) is 0 Å². The smallest absolute Gasteiger partial charge is 0.158 e. The Morgan fingerprint density at radius 1 is 1.42 bits per heavy atom. The first-order chi connectivity index (χ1) is 5.92. The van der Waals surface area contributed by atoms with E-state index in [-0.39, 0.29) is 0 Å². The lowest BCUT2D eigenvalue weighted by Gasteiger charge is -1.88. The fraction of sp³-hybridized carbons (Fsp3) is 0. The number of benzene rings is 1. The highest BCUT2D eigenvalue weighted by atomic mass is 16.4. The van der Waals surface area contributed by atoms with Gasteiger partial charge in [-0.25, -0.2) is 0 Å². The number of aromatic nitrogens is 3. The third kappa shape index (κ3) is 0.914. The predicted octanol–water partition coefficient (Wildman–Crippen LogP) is 0.697. The second-order valence-electron chi connectivity index (χ2n) is 2.25. The van der Waals surface area contributed by atoms with Crippen LogP contribution in [0.15, 0.2) is 29.4 Å². The molecular weight excluding hydrogens is 156 g/mol. The average Bonchev–Trinajstić information content (AvgIpc) is 2.50. The highest BCUT2D eigenvalue weighted by Gasteiger charge is 1.99. The Kier molecular flexibility index (Phi) is 1.48. The van der Waals surface area contributed by atoms with Gasteiger partial charge in [-0.2, -0.15) is 4.68 Å². The summed E-state index contributed by atoms with van der Waals surface area (Å²) in [5.74, 6) is 0. The fourth-order valence-electron chi connectivity index (χ4n) is 1.02. The molecule has 0 unspecified atom stereocenters. The Labute approximate surface area is 67.9 Å². The summed E-state index contributed by atoms with van der Waals surface area (Å²) >= 11 is 0. The molecule has 12 heavy (non-hydrogen) atoms. The minimum absolute atomic E-state index is 0.775. The van der Waals surface area contributed by atoms with Crippen molar-refractivity contribution in [3.05, 3.63) is 24.3 Å². The van der Waals surface area contributed by atoms with Gasteiger partial charge >= 0.3 is 0 Å². The number of oxime groups is 1. The predicted molar refractivity (Wildman–Crippen MR) is 43.2 cm³/mol. The van der Waals surface area contributed by atoms with Crippen molar-refractivity contribution in [3.8, 4) is 0 Å². The molecule has 2 aromatic rings. The van der Waals surface area contributed by atoms with E-state index in [2.05, 4.69) is 15.5 Å². The Morgan fingerprint density at radius 3 is 3.08 bits per heavy atom. The van der Waals surface area contributed by atoms with Gasteiger partial charge in [0.1, 0.15) is 5.52 Å². The molecule has 0 aliphatic heterocycles. The lowest BCUT2D eigenvalue weighted by molar-refractivity contribution is 0.319. The molecule has 0 saturated carbocycles. The zero-order valence-corrected chi connectivity index (χ0v) is 6.12. The molecule has 0 bridgehead atoms. The summed E-state index contributed by atoms with van der Waals surface area (Å²) in [5, 5.41) is 18.7. The first-order valence-electron chi connectivity index (χ1n) is 3.39. The topological polar surface area (TPSA) is 63.3 Å². The second-order valence-corrected chi connectivity index (χ2v) is 2.25. The molecule has 0 fully saturated rings. The van der Waals surface area contributed by atoms with Crippen molar-refractivity contribution in [2.24, 2.45) is 5.16 Å². The van der Waals surface area contributed by atoms with Crippen LogP contribution in [0.3, 0.4) is 0 Å². The summed E-state index contributed by atoms with van der Waals surface area (Å²) in [4.78, 5) is 0. The molecule has 1 heterocycles. The third-order valence-corrected chi connectivity index (χ3v) is 1.54. The second kappa shape index (κ2) is 2.61. The van der Waals surface area contributed by atoms with Crippen LogP contribution in [0, 0.1) is 0 Å². The van der Waals surface area contributed by atoms with Crippen LogP contribution in [0.25, 0.3) is 11.0 Å². The van der Waals surface area contributed by atoms with E-state index in [4.69, 9.17) is 5.21 Å². The molecule has 0 spiro atoms. The lowest BCUT2D eigenvalue weighted by atomic mass is 10.3. The molecule has 2 rings (SSSR count).